The Kier molecular flexibility index (Phi) is 3.89. The SMILES string of the molecule is CCOC(=O)C(C)c1nc(-c2cccc(C)n2)no1. The Hall–Kier alpha value is -2.24. The van der Waals surface area contributed by atoms with Gasteiger partial charge in [-0.3, -0.25) is 4.79 Å². The molecule has 6 heteroatoms. The first-order valence-electron chi connectivity index (χ1n) is 6.06. The summed E-state index contributed by atoms with van der Waals surface area (Å²) in [5.41, 5.74) is 1.48. The van der Waals surface area contributed by atoms with E-state index in [4.69, 9.17) is 9.26 Å². The third-order valence-corrected chi connectivity index (χ3v) is 2.57. The molecule has 0 amide bonds. The van der Waals surface area contributed by atoms with Gasteiger partial charge in [-0.15, -0.1) is 0 Å². The van der Waals surface area contributed by atoms with Gasteiger partial charge in [0.05, 0.1) is 6.61 Å². The summed E-state index contributed by atoms with van der Waals surface area (Å²) < 4.78 is 10.00. The minimum absolute atomic E-state index is 0.233. The Balaban J connectivity index is 2.21. The highest BCUT2D eigenvalue weighted by Crippen LogP contribution is 2.19. The molecule has 19 heavy (non-hydrogen) atoms. The van der Waals surface area contributed by atoms with Crippen LogP contribution in [0.1, 0.15) is 31.4 Å². The normalized spacial score (nSPS) is 12.2. The molecule has 0 bridgehead atoms. The number of carbonyl (C=O) groups is 1. The number of nitrogens with zero attached hydrogens (tertiary/aromatic N) is 3. The lowest BCUT2D eigenvalue weighted by Crippen LogP contribution is -2.13. The summed E-state index contributed by atoms with van der Waals surface area (Å²) in [6.07, 6.45) is 0. The quantitative estimate of drug-likeness (QED) is 0.784. The first kappa shape index (κ1) is 13.2. The number of ether oxygens (including phenoxy) is 1. The molecule has 0 fully saturated rings. The number of esters is 1. The van der Waals surface area contributed by atoms with Gasteiger partial charge in [0.2, 0.25) is 11.7 Å². The fourth-order valence-corrected chi connectivity index (χ4v) is 1.55. The Morgan fingerprint density at radius 3 is 2.89 bits per heavy atom. The average Bonchev–Trinajstić information content (AvgIpc) is 2.87. The van der Waals surface area contributed by atoms with Crippen LogP contribution in [0.2, 0.25) is 0 Å². The molecule has 2 heterocycles. The van der Waals surface area contributed by atoms with E-state index in [1.807, 2.05) is 19.1 Å². The average molecular weight is 261 g/mol. The standard InChI is InChI=1S/C13H15N3O3/c1-4-18-13(17)9(3)12-15-11(16-19-12)10-7-5-6-8(2)14-10/h5-7,9H,4H2,1-3H3. The van der Waals surface area contributed by atoms with Crippen molar-refractivity contribution in [1.29, 1.82) is 0 Å². The second kappa shape index (κ2) is 5.60. The van der Waals surface area contributed by atoms with Gasteiger partial charge < -0.3 is 9.26 Å². The third kappa shape index (κ3) is 2.96. The van der Waals surface area contributed by atoms with Crippen molar-refractivity contribution < 1.29 is 14.1 Å². The van der Waals surface area contributed by atoms with Crippen molar-refractivity contribution in [2.45, 2.75) is 26.7 Å². The Bertz CT molecular complexity index is 580. The minimum atomic E-state index is -0.578. The molecule has 2 rings (SSSR count). The van der Waals surface area contributed by atoms with E-state index in [0.29, 0.717) is 18.1 Å². The summed E-state index contributed by atoms with van der Waals surface area (Å²) in [5.74, 6) is -0.354. The summed E-state index contributed by atoms with van der Waals surface area (Å²) in [6.45, 7) is 5.62. The fraction of sp³-hybridized carbons (Fsp3) is 0.385. The van der Waals surface area contributed by atoms with E-state index in [9.17, 15) is 4.79 Å². The topological polar surface area (TPSA) is 78.1 Å². The van der Waals surface area contributed by atoms with Crippen molar-refractivity contribution in [2.75, 3.05) is 6.61 Å². The van der Waals surface area contributed by atoms with Crippen molar-refractivity contribution in [3.05, 3.63) is 29.8 Å². The molecule has 0 radical (unpaired) electrons. The number of hydrogen-bond donors (Lipinski definition) is 0. The van der Waals surface area contributed by atoms with Gasteiger partial charge >= 0.3 is 5.97 Å². The van der Waals surface area contributed by atoms with Crippen LogP contribution in [0.5, 0.6) is 0 Å². The van der Waals surface area contributed by atoms with Gasteiger partial charge in [-0.1, -0.05) is 11.2 Å². The molecule has 6 nitrogen and oxygen atoms in total. The van der Waals surface area contributed by atoms with E-state index in [1.54, 1.807) is 19.9 Å². The molecule has 2 aromatic heterocycles. The molecule has 0 saturated heterocycles. The zero-order valence-electron chi connectivity index (χ0n) is 11.1. The predicted octanol–water partition coefficient (Wildman–Crippen LogP) is 2.11. The summed E-state index contributed by atoms with van der Waals surface area (Å²) in [4.78, 5) is 20.1. The lowest BCUT2D eigenvalue weighted by Gasteiger charge is -2.04. The summed E-state index contributed by atoms with van der Waals surface area (Å²) in [7, 11) is 0. The molecule has 0 aliphatic heterocycles. The van der Waals surface area contributed by atoms with Crippen molar-refractivity contribution in [3.63, 3.8) is 0 Å². The summed E-state index contributed by atoms with van der Waals surface area (Å²) >= 11 is 0. The van der Waals surface area contributed by atoms with Crippen LogP contribution in [0.25, 0.3) is 11.5 Å². The molecule has 0 aliphatic rings. The molecular weight excluding hydrogens is 246 g/mol. The van der Waals surface area contributed by atoms with Gasteiger partial charge in [0.25, 0.3) is 0 Å². The maximum Gasteiger partial charge on any atom is 0.318 e. The van der Waals surface area contributed by atoms with Crippen molar-refractivity contribution in [3.8, 4) is 11.5 Å². The minimum Gasteiger partial charge on any atom is -0.465 e. The van der Waals surface area contributed by atoms with E-state index < -0.39 is 5.92 Å². The maximum atomic E-state index is 11.6. The van der Waals surface area contributed by atoms with Gasteiger partial charge in [-0.25, -0.2) is 4.98 Å². The van der Waals surface area contributed by atoms with Crippen molar-refractivity contribution >= 4 is 5.97 Å². The van der Waals surface area contributed by atoms with Gasteiger partial charge in [0, 0.05) is 5.69 Å². The van der Waals surface area contributed by atoms with E-state index in [-0.39, 0.29) is 11.9 Å². The summed E-state index contributed by atoms with van der Waals surface area (Å²) in [6, 6.07) is 5.53. The highest BCUT2D eigenvalue weighted by Gasteiger charge is 2.23. The zero-order chi connectivity index (χ0) is 13.8. The van der Waals surface area contributed by atoms with Gasteiger partial charge in [0.1, 0.15) is 11.6 Å². The number of carbonyl (C=O) groups excluding carboxylic acids is 1. The van der Waals surface area contributed by atoms with E-state index in [0.717, 1.165) is 5.69 Å². The Labute approximate surface area is 110 Å². The second-order valence-electron chi connectivity index (χ2n) is 4.09. The van der Waals surface area contributed by atoms with Crippen LogP contribution < -0.4 is 0 Å². The molecule has 1 atom stereocenters. The van der Waals surface area contributed by atoms with Gasteiger partial charge in [-0.2, -0.15) is 4.98 Å². The fourth-order valence-electron chi connectivity index (χ4n) is 1.55. The van der Waals surface area contributed by atoms with Crippen LogP contribution >= 0.6 is 0 Å². The van der Waals surface area contributed by atoms with Crippen LogP contribution in [0.4, 0.5) is 0 Å². The van der Waals surface area contributed by atoms with Gasteiger partial charge in [-0.05, 0) is 32.9 Å². The van der Waals surface area contributed by atoms with E-state index >= 15 is 0 Å². The lowest BCUT2D eigenvalue weighted by molar-refractivity contribution is -0.145. The van der Waals surface area contributed by atoms with E-state index in [1.165, 1.54) is 0 Å². The molecule has 0 saturated carbocycles. The van der Waals surface area contributed by atoms with Crippen molar-refractivity contribution in [1.82, 2.24) is 15.1 Å². The molecule has 0 aliphatic carbocycles. The Morgan fingerprint density at radius 2 is 2.21 bits per heavy atom. The second-order valence-corrected chi connectivity index (χ2v) is 4.09. The molecule has 0 N–H and O–H groups in total. The summed E-state index contributed by atoms with van der Waals surface area (Å²) in [5, 5.41) is 3.83. The molecule has 0 aromatic carbocycles. The van der Waals surface area contributed by atoms with Crippen LogP contribution in [-0.4, -0.2) is 27.7 Å². The van der Waals surface area contributed by atoms with Crippen molar-refractivity contribution in [2.24, 2.45) is 0 Å². The lowest BCUT2D eigenvalue weighted by atomic mass is 10.2. The number of aromatic nitrogens is 3. The highest BCUT2D eigenvalue weighted by molar-refractivity contribution is 5.76. The highest BCUT2D eigenvalue weighted by atomic mass is 16.5. The molecule has 100 valence electrons. The number of pyridine rings is 1. The van der Waals surface area contributed by atoms with Gasteiger partial charge in [0.15, 0.2) is 0 Å². The first-order chi connectivity index (χ1) is 9.11. The Morgan fingerprint density at radius 1 is 1.42 bits per heavy atom. The number of hydrogen-bond acceptors (Lipinski definition) is 6. The van der Waals surface area contributed by atoms with E-state index in [2.05, 4.69) is 15.1 Å². The number of aryl methyl sites for hydroxylation is 1. The zero-order valence-corrected chi connectivity index (χ0v) is 11.1. The van der Waals surface area contributed by atoms with Crippen LogP contribution in [0.3, 0.4) is 0 Å². The monoisotopic (exact) mass is 261 g/mol. The number of rotatable bonds is 4. The largest absolute Gasteiger partial charge is 0.465 e. The first-order valence-corrected chi connectivity index (χ1v) is 6.06. The van der Waals surface area contributed by atoms with Crippen LogP contribution in [0.15, 0.2) is 22.7 Å². The molecular formula is C13H15N3O3. The van der Waals surface area contributed by atoms with Crippen LogP contribution in [0, 0.1) is 6.92 Å². The molecule has 2 aromatic rings. The smallest absolute Gasteiger partial charge is 0.318 e. The third-order valence-electron chi connectivity index (χ3n) is 2.57. The van der Waals surface area contributed by atoms with Crippen LogP contribution in [-0.2, 0) is 9.53 Å². The maximum absolute atomic E-state index is 11.6. The predicted molar refractivity (Wildman–Crippen MR) is 67.3 cm³/mol. The molecule has 1 unspecified atom stereocenters. The molecule has 0 spiro atoms.